The first-order valence-electron chi connectivity index (χ1n) is 29.0. The molecule has 0 aromatic heterocycles. The molecular weight excluding hydrogens is 875 g/mol. The summed E-state index contributed by atoms with van der Waals surface area (Å²) in [6.07, 6.45) is 63.0. The molecule has 2 unspecified atom stereocenters. The van der Waals surface area contributed by atoms with Crippen molar-refractivity contribution in [2.24, 2.45) is 0 Å². The predicted molar refractivity (Wildman–Crippen MR) is 295 cm³/mol. The van der Waals surface area contributed by atoms with Gasteiger partial charge in [-0.3, -0.25) is 9.59 Å². The number of esters is 2. The molecule has 0 aliphatic carbocycles. The molecule has 1 N–H and O–H groups in total. The minimum atomic E-state index is -1.51. The van der Waals surface area contributed by atoms with E-state index >= 15 is 0 Å². The fraction of sp³-hybridized carbons (Fsp3) is 0.787. The van der Waals surface area contributed by atoms with Gasteiger partial charge in [-0.2, -0.15) is 0 Å². The van der Waals surface area contributed by atoms with Gasteiger partial charge in [0.05, 0.1) is 34.4 Å². The SMILES string of the molecule is CC/C=C\C/C=C\C/C=C\C/C=C\CCCCCCCCCCCCCCCCCCC(=O)OC(COC(=O)CCCCCCC/C=C\CCCCCCCCC)COC(OCC[N+](C)(C)C)C(=O)O. The second-order valence-corrected chi connectivity index (χ2v) is 20.6. The maximum Gasteiger partial charge on any atom is 0.361 e. The Bertz CT molecular complexity index is 1330. The molecule has 0 aliphatic rings. The highest BCUT2D eigenvalue weighted by atomic mass is 16.7. The zero-order chi connectivity index (χ0) is 51.3. The number of quaternary nitrogens is 1. The summed E-state index contributed by atoms with van der Waals surface area (Å²) in [5, 5.41) is 9.69. The van der Waals surface area contributed by atoms with E-state index in [0.29, 0.717) is 17.4 Å². The van der Waals surface area contributed by atoms with Gasteiger partial charge in [-0.25, -0.2) is 4.79 Å². The van der Waals surface area contributed by atoms with Crippen LogP contribution in [0.25, 0.3) is 0 Å². The average molecular weight is 986 g/mol. The van der Waals surface area contributed by atoms with Gasteiger partial charge >= 0.3 is 17.9 Å². The molecule has 0 aromatic rings. The van der Waals surface area contributed by atoms with Crippen molar-refractivity contribution in [1.82, 2.24) is 0 Å². The van der Waals surface area contributed by atoms with E-state index in [0.717, 1.165) is 83.5 Å². The number of ether oxygens (including phenoxy) is 4. The van der Waals surface area contributed by atoms with Gasteiger partial charge in [0.1, 0.15) is 13.2 Å². The van der Waals surface area contributed by atoms with Crippen LogP contribution in [0.5, 0.6) is 0 Å². The number of hydrogen-bond donors (Lipinski definition) is 1. The van der Waals surface area contributed by atoms with Crippen LogP contribution in [0.4, 0.5) is 0 Å². The Kier molecular flexibility index (Phi) is 50.1. The highest BCUT2D eigenvalue weighted by Gasteiger charge is 2.25. The first-order valence-corrected chi connectivity index (χ1v) is 29.0. The normalized spacial score (nSPS) is 13.2. The zero-order valence-corrected chi connectivity index (χ0v) is 46.2. The lowest BCUT2D eigenvalue weighted by atomic mass is 10.0. The Morgan fingerprint density at radius 1 is 0.443 bits per heavy atom. The number of nitrogens with zero attached hydrogens (tertiary/aromatic N) is 1. The average Bonchev–Trinajstić information content (AvgIpc) is 3.33. The highest BCUT2D eigenvalue weighted by molar-refractivity contribution is 5.71. The topological polar surface area (TPSA) is 108 Å². The number of carbonyl (C=O) groups is 3. The minimum absolute atomic E-state index is 0.185. The van der Waals surface area contributed by atoms with Crippen molar-refractivity contribution in [2.45, 2.75) is 264 Å². The predicted octanol–water partition coefficient (Wildman–Crippen LogP) is 16.8. The van der Waals surface area contributed by atoms with E-state index in [-0.39, 0.29) is 32.2 Å². The summed E-state index contributed by atoms with van der Waals surface area (Å²) in [6.45, 7) is 4.77. The van der Waals surface area contributed by atoms with E-state index in [9.17, 15) is 19.5 Å². The van der Waals surface area contributed by atoms with Gasteiger partial charge in [0.15, 0.2) is 6.10 Å². The van der Waals surface area contributed by atoms with Crippen molar-refractivity contribution in [2.75, 3.05) is 47.5 Å². The van der Waals surface area contributed by atoms with E-state index in [4.69, 9.17) is 18.9 Å². The second-order valence-electron chi connectivity index (χ2n) is 20.6. The van der Waals surface area contributed by atoms with Gasteiger partial charge in [0.2, 0.25) is 0 Å². The maximum absolute atomic E-state index is 12.9. The number of unbranched alkanes of at least 4 members (excludes halogenated alkanes) is 28. The smallest absolute Gasteiger partial charge is 0.361 e. The zero-order valence-electron chi connectivity index (χ0n) is 46.2. The molecule has 2 atom stereocenters. The third kappa shape index (κ3) is 52.8. The van der Waals surface area contributed by atoms with Gasteiger partial charge in [0.25, 0.3) is 6.29 Å². The molecule has 0 aromatic carbocycles. The molecule has 0 heterocycles. The molecule has 0 aliphatic heterocycles. The number of carbonyl (C=O) groups excluding carboxylic acids is 2. The highest BCUT2D eigenvalue weighted by Crippen LogP contribution is 2.16. The summed E-state index contributed by atoms with van der Waals surface area (Å²) < 4.78 is 22.9. The third-order valence-electron chi connectivity index (χ3n) is 12.5. The summed E-state index contributed by atoms with van der Waals surface area (Å²) >= 11 is 0. The van der Waals surface area contributed by atoms with Crippen molar-refractivity contribution in [3.63, 3.8) is 0 Å². The van der Waals surface area contributed by atoms with Crippen LogP contribution in [0.3, 0.4) is 0 Å². The molecule has 0 saturated heterocycles. The number of rotatable bonds is 53. The summed E-state index contributed by atoms with van der Waals surface area (Å²) in [6, 6.07) is 0. The number of hydrogen-bond acceptors (Lipinski definition) is 7. The largest absolute Gasteiger partial charge is 0.477 e. The molecule has 0 radical (unpaired) electrons. The van der Waals surface area contributed by atoms with Crippen molar-refractivity contribution in [3.05, 3.63) is 60.8 Å². The van der Waals surface area contributed by atoms with Crippen LogP contribution in [0.15, 0.2) is 60.8 Å². The van der Waals surface area contributed by atoms with E-state index in [1.54, 1.807) is 0 Å². The quantitative estimate of drug-likeness (QED) is 0.0211. The van der Waals surface area contributed by atoms with Crippen LogP contribution in [0.2, 0.25) is 0 Å². The Balaban J connectivity index is 4.18. The van der Waals surface area contributed by atoms with Crippen LogP contribution >= 0.6 is 0 Å². The van der Waals surface area contributed by atoms with Gasteiger partial charge in [0, 0.05) is 12.8 Å². The lowest BCUT2D eigenvalue weighted by molar-refractivity contribution is -0.870. The summed E-state index contributed by atoms with van der Waals surface area (Å²) in [5.41, 5.74) is 0. The summed E-state index contributed by atoms with van der Waals surface area (Å²) in [5.74, 6) is -2.01. The van der Waals surface area contributed by atoms with Gasteiger partial charge in [-0.05, 0) is 77.0 Å². The number of carboxylic acids is 1. The summed E-state index contributed by atoms with van der Waals surface area (Å²) in [4.78, 5) is 37.4. The molecule has 0 rings (SSSR count). The number of allylic oxidation sites excluding steroid dienone is 10. The summed E-state index contributed by atoms with van der Waals surface area (Å²) in [7, 11) is 5.97. The van der Waals surface area contributed by atoms with Crippen LogP contribution < -0.4 is 0 Å². The Hall–Kier alpha value is -3.01. The van der Waals surface area contributed by atoms with E-state index in [2.05, 4.69) is 74.6 Å². The molecule has 9 nitrogen and oxygen atoms in total. The first-order chi connectivity index (χ1) is 34.1. The number of carboxylic acid groups (broad SMARTS) is 1. The van der Waals surface area contributed by atoms with E-state index in [1.807, 2.05) is 21.1 Å². The molecule has 0 fully saturated rings. The Morgan fingerprint density at radius 2 is 0.814 bits per heavy atom. The third-order valence-corrected chi connectivity index (χ3v) is 12.5. The number of likely N-dealkylation sites (N-methyl/N-ethyl adjacent to an activating group) is 1. The molecule has 0 amide bonds. The minimum Gasteiger partial charge on any atom is -0.477 e. The first kappa shape index (κ1) is 67.0. The fourth-order valence-corrected chi connectivity index (χ4v) is 8.06. The van der Waals surface area contributed by atoms with Gasteiger partial charge in [-0.1, -0.05) is 222 Å². The van der Waals surface area contributed by atoms with Crippen molar-refractivity contribution < 1.29 is 42.9 Å². The van der Waals surface area contributed by atoms with Crippen LogP contribution in [0, 0.1) is 0 Å². The molecule has 0 spiro atoms. The molecular formula is C61H110NO8+. The lowest BCUT2D eigenvalue weighted by Gasteiger charge is -2.25. The molecule has 70 heavy (non-hydrogen) atoms. The molecule has 0 saturated carbocycles. The van der Waals surface area contributed by atoms with E-state index in [1.165, 1.54) is 141 Å². The van der Waals surface area contributed by atoms with Gasteiger partial charge < -0.3 is 28.5 Å². The van der Waals surface area contributed by atoms with Crippen LogP contribution in [-0.2, 0) is 33.3 Å². The Morgan fingerprint density at radius 3 is 1.23 bits per heavy atom. The van der Waals surface area contributed by atoms with Crippen molar-refractivity contribution in [1.29, 1.82) is 0 Å². The lowest BCUT2D eigenvalue weighted by Crippen LogP contribution is -2.40. The molecule has 406 valence electrons. The van der Waals surface area contributed by atoms with Crippen molar-refractivity contribution in [3.8, 4) is 0 Å². The fourth-order valence-electron chi connectivity index (χ4n) is 8.06. The molecule has 9 heteroatoms. The standard InChI is InChI=1S/C61H109NO8/c1-6-8-10-12-14-16-18-20-22-24-25-26-27-28-29-30-31-32-33-34-35-36-38-40-42-44-46-48-50-52-59(64)70-57(56-69-61(60(65)66)67-54-53-62(3,4)5)55-68-58(63)51-49-47-45-43-41-39-37-23-21-19-17-15-13-11-9-7-2/h8,10,14,16,20,22-23,25-26,37,57,61H,6-7,9,11-13,15,17-19,21,24,27-36,38-56H2,1-5H3/p+1/b10-8-,16-14-,22-20-,26-25-,37-23-. The van der Waals surface area contributed by atoms with E-state index < -0.39 is 24.3 Å². The Labute approximate surface area is 431 Å². The monoisotopic (exact) mass is 985 g/mol. The number of aliphatic carboxylic acids is 1. The van der Waals surface area contributed by atoms with Crippen LogP contribution in [0.1, 0.15) is 251 Å². The van der Waals surface area contributed by atoms with Gasteiger partial charge in [-0.15, -0.1) is 0 Å². The van der Waals surface area contributed by atoms with Crippen LogP contribution in [-0.4, -0.2) is 87.4 Å². The maximum atomic E-state index is 12.9. The molecule has 0 bridgehead atoms. The second kappa shape index (κ2) is 52.3. The van der Waals surface area contributed by atoms with Crippen molar-refractivity contribution >= 4 is 17.9 Å².